The Morgan fingerprint density at radius 1 is 1.36 bits per heavy atom. The number of nitrogens with two attached hydrogens (primary N) is 1. The molecule has 1 saturated heterocycles. The highest BCUT2D eigenvalue weighted by molar-refractivity contribution is 6.12. The van der Waals surface area contributed by atoms with E-state index in [1.807, 2.05) is 0 Å². The number of urea groups is 1. The molecule has 15 heteroatoms. The van der Waals surface area contributed by atoms with E-state index in [1.54, 1.807) is 13.8 Å². The van der Waals surface area contributed by atoms with E-state index in [1.165, 1.54) is 7.11 Å². The Hall–Kier alpha value is -3.85. The number of carbonyl (C=O) groups is 3. The van der Waals surface area contributed by atoms with Crippen LogP contribution in [0.2, 0.25) is 0 Å². The number of guanidine groups is 1. The van der Waals surface area contributed by atoms with E-state index in [0.29, 0.717) is 0 Å². The van der Waals surface area contributed by atoms with Gasteiger partial charge in [0.15, 0.2) is 5.76 Å². The number of alkyl halides is 3. The standard InChI is InChI=1S/C21H25F3N6O6/c1-20(2)10-29(18(32)28-20)17-27-9-13(36-19(33)34)15(25)30(17)14-11(16(31)26-7-8-35-3)5-4-6-12(14)21(22,23)24/h4-6,9,15H,7-8,10,25H2,1-3H3,(H,26,31)(H,28,32)(H,33,34). The molecule has 5 N–H and O–H groups in total. The molecule has 2 aliphatic rings. The molecule has 1 unspecified atom stereocenters. The Morgan fingerprint density at radius 2 is 2.06 bits per heavy atom. The van der Waals surface area contributed by atoms with Gasteiger partial charge in [-0.1, -0.05) is 6.07 Å². The summed E-state index contributed by atoms with van der Waals surface area (Å²) in [5, 5.41) is 14.2. The van der Waals surface area contributed by atoms with E-state index in [4.69, 9.17) is 15.6 Å². The lowest BCUT2D eigenvalue weighted by molar-refractivity contribution is -0.137. The molecule has 1 fully saturated rings. The third-order valence-corrected chi connectivity index (χ3v) is 5.20. The molecule has 0 saturated carbocycles. The molecule has 1 atom stereocenters. The van der Waals surface area contributed by atoms with Crippen molar-refractivity contribution in [3.8, 4) is 0 Å². The molecule has 3 rings (SSSR count). The highest BCUT2D eigenvalue weighted by Crippen LogP contribution is 2.41. The number of carbonyl (C=O) groups excluding carboxylic acids is 2. The number of benzene rings is 1. The number of ether oxygens (including phenoxy) is 2. The van der Waals surface area contributed by atoms with Crippen molar-refractivity contribution in [1.82, 2.24) is 15.5 Å². The molecule has 12 nitrogen and oxygen atoms in total. The monoisotopic (exact) mass is 514 g/mol. The fourth-order valence-corrected chi connectivity index (χ4v) is 3.74. The molecular weight excluding hydrogens is 489 g/mol. The molecular formula is C21H25F3N6O6. The summed E-state index contributed by atoms with van der Waals surface area (Å²) in [5.41, 5.74) is 2.97. The maximum Gasteiger partial charge on any atom is 0.511 e. The molecule has 0 spiro atoms. The Kier molecular flexibility index (Phi) is 7.45. The SMILES string of the molecule is COCCNC(=O)c1cccc(C(F)(F)F)c1N1C(N2CC(C)(C)NC2=O)=NC=C(OC(=O)O)C1N. The first-order chi connectivity index (χ1) is 16.8. The number of methoxy groups -OCH3 is 1. The van der Waals surface area contributed by atoms with Crippen molar-refractivity contribution >= 4 is 29.7 Å². The largest absolute Gasteiger partial charge is 0.511 e. The van der Waals surface area contributed by atoms with Gasteiger partial charge in [0.05, 0.1) is 41.7 Å². The highest BCUT2D eigenvalue weighted by atomic mass is 19.4. The van der Waals surface area contributed by atoms with Crippen LogP contribution in [0.15, 0.2) is 35.2 Å². The second-order valence-electron chi connectivity index (χ2n) is 8.49. The van der Waals surface area contributed by atoms with Gasteiger partial charge in [0.1, 0.15) is 6.17 Å². The van der Waals surface area contributed by atoms with E-state index >= 15 is 0 Å². The van der Waals surface area contributed by atoms with E-state index in [9.17, 15) is 27.6 Å². The van der Waals surface area contributed by atoms with Gasteiger partial charge in [-0.3, -0.25) is 14.6 Å². The van der Waals surface area contributed by atoms with E-state index < -0.39 is 58.5 Å². The lowest BCUT2D eigenvalue weighted by atomic mass is 10.0. The first-order valence-electron chi connectivity index (χ1n) is 10.6. The molecule has 36 heavy (non-hydrogen) atoms. The topological polar surface area (TPSA) is 159 Å². The molecule has 1 aromatic rings. The summed E-state index contributed by atoms with van der Waals surface area (Å²) in [4.78, 5) is 42.7. The van der Waals surface area contributed by atoms with Crippen LogP contribution in [0.1, 0.15) is 29.8 Å². The molecule has 0 radical (unpaired) electrons. The minimum absolute atomic E-state index is 0.00594. The summed E-state index contributed by atoms with van der Waals surface area (Å²) in [7, 11) is 1.39. The second-order valence-corrected chi connectivity index (χ2v) is 8.49. The van der Waals surface area contributed by atoms with Crippen LogP contribution in [0.25, 0.3) is 0 Å². The number of halogens is 3. The van der Waals surface area contributed by atoms with Crippen molar-refractivity contribution in [2.45, 2.75) is 31.7 Å². The van der Waals surface area contributed by atoms with Crippen molar-refractivity contribution < 1.29 is 42.1 Å². The maximum absolute atomic E-state index is 14.2. The summed E-state index contributed by atoms with van der Waals surface area (Å²) in [5.74, 6) is -1.76. The number of rotatable bonds is 6. The molecule has 2 heterocycles. The summed E-state index contributed by atoms with van der Waals surface area (Å²) < 4.78 is 52.1. The van der Waals surface area contributed by atoms with Crippen molar-refractivity contribution in [2.75, 3.05) is 31.7 Å². The van der Waals surface area contributed by atoms with Gasteiger partial charge in [0.25, 0.3) is 5.91 Å². The van der Waals surface area contributed by atoms with Crippen molar-refractivity contribution in [2.24, 2.45) is 10.7 Å². The van der Waals surface area contributed by atoms with Gasteiger partial charge >= 0.3 is 18.4 Å². The number of nitrogens with zero attached hydrogens (tertiary/aromatic N) is 3. The van der Waals surface area contributed by atoms with Gasteiger partial charge in [0, 0.05) is 13.7 Å². The van der Waals surface area contributed by atoms with E-state index in [0.717, 1.165) is 34.2 Å². The van der Waals surface area contributed by atoms with E-state index in [2.05, 4.69) is 20.4 Å². The Morgan fingerprint density at radius 3 is 2.61 bits per heavy atom. The minimum atomic E-state index is -4.97. The first kappa shape index (κ1) is 26.7. The van der Waals surface area contributed by atoms with Gasteiger partial charge in [-0.2, -0.15) is 13.2 Å². The maximum atomic E-state index is 14.2. The zero-order chi connectivity index (χ0) is 26.8. The lowest BCUT2D eigenvalue weighted by Crippen LogP contribution is -2.57. The van der Waals surface area contributed by atoms with E-state index in [-0.39, 0.29) is 25.7 Å². The molecule has 0 aliphatic carbocycles. The second kappa shape index (κ2) is 10.0. The van der Waals surface area contributed by atoms with Gasteiger partial charge in [0.2, 0.25) is 5.96 Å². The van der Waals surface area contributed by atoms with Gasteiger partial charge in [-0.15, -0.1) is 0 Å². The summed E-state index contributed by atoms with van der Waals surface area (Å²) >= 11 is 0. The fourth-order valence-electron chi connectivity index (χ4n) is 3.74. The van der Waals surface area contributed by atoms with Crippen molar-refractivity contribution in [3.05, 3.63) is 41.3 Å². The Labute approximate surface area is 203 Å². The molecule has 1 aromatic carbocycles. The predicted molar refractivity (Wildman–Crippen MR) is 120 cm³/mol. The quantitative estimate of drug-likeness (QED) is 0.331. The number of aliphatic imine (C=N–C) groups is 1. The van der Waals surface area contributed by atoms with Gasteiger partial charge in [-0.05, 0) is 26.0 Å². The van der Waals surface area contributed by atoms with Crippen LogP contribution in [-0.2, 0) is 15.7 Å². The summed E-state index contributed by atoms with van der Waals surface area (Å²) in [6.45, 7) is 3.45. The molecule has 2 aliphatic heterocycles. The molecule has 0 aromatic heterocycles. The third-order valence-electron chi connectivity index (χ3n) is 5.20. The van der Waals surface area contributed by atoms with Crippen LogP contribution in [0.3, 0.4) is 0 Å². The lowest BCUT2D eigenvalue weighted by Gasteiger charge is -2.39. The molecule has 3 amide bonds. The average Bonchev–Trinajstić information content (AvgIpc) is 3.05. The van der Waals surface area contributed by atoms with Crippen LogP contribution in [-0.4, -0.2) is 72.6 Å². The number of hydrogen-bond donors (Lipinski definition) is 4. The number of para-hydroxylation sites is 1. The van der Waals surface area contributed by atoms with Crippen LogP contribution in [0.4, 0.5) is 28.4 Å². The van der Waals surface area contributed by atoms with Crippen molar-refractivity contribution in [1.29, 1.82) is 0 Å². The third kappa shape index (κ3) is 5.52. The number of carboxylic acid groups (broad SMARTS) is 1. The molecule has 0 bridgehead atoms. The Bertz CT molecular complexity index is 1120. The van der Waals surface area contributed by atoms with Gasteiger partial charge < -0.3 is 30.9 Å². The van der Waals surface area contributed by atoms with Crippen LogP contribution in [0.5, 0.6) is 0 Å². The number of anilines is 1. The van der Waals surface area contributed by atoms with Gasteiger partial charge in [-0.25, -0.2) is 14.6 Å². The summed E-state index contributed by atoms with van der Waals surface area (Å²) in [6, 6.07) is 2.24. The average molecular weight is 514 g/mol. The Balaban J connectivity index is 2.23. The van der Waals surface area contributed by atoms with Crippen LogP contribution >= 0.6 is 0 Å². The smallest absolute Gasteiger partial charge is 0.449 e. The minimum Gasteiger partial charge on any atom is -0.449 e. The number of nitrogens with one attached hydrogen (secondary N) is 2. The number of hydrogen-bond acceptors (Lipinski definition) is 8. The zero-order valence-corrected chi connectivity index (χ0v) is 19.5. The predicted octanol–water partition coefficient (Wildman–Crippen LogP) is 1.88. The van der Waals surface area contributed by atoms with Crippen LogP contribution in [0, 0.1) is 0 Å². The van der Waals surface area contributed by atoms with Crippen molar-refractivity contribution in [3.63, 3.8) is 0 Å². The summed E-state index contributed by atoms with van der Waals surface area (Å²) in [6.07, 6.45) is -7.54. The fraction of sp³-hybridized carbons (Fsp3) is 0.429. The van der Waals surface area contributed by atoms with Crippen LogP contribution < -0.4 is 21.3 Å². The highest BCUT2D eigenvalue weighted by Gasteiger charge is 2.46. The number of amides is 3. The molecule has 196 valence electrons. The first-order valence-corrected chi connectivity index (χ1v) is 10.6. The normalized spacial score (nSPS) is 19.4. The zero-order valence-electron chi connectivity index (χ0n) is 19.5.